The minimum Gasteiger partial charge on any atom is -0.352 e. The predicted octanol–water partition coefficient (Wildman–Crippen LogP) is 4.76. The van der Waals surface area contributed by atoms with Crippen LogP contribution in [-0.4, -0.2) is 50.0 Å². The van der Waals surface area contributed by atoms with Gasteiger partial charge in [0.25, 0.3) is 0 Å². The molecule has 0 aliphatic heterocycles. The van der Waals surface area contributed by atoms with E-state index in [-0.39, 0.29) is 24.9 Å². The Balaban J connectivity index is 2.07. The second-order valence-electron chi connectivity index (χ2n) is 10.3. The van der Waals surface area contributed by atoms with E-state index < -0.39 is 34.3 Å². The van der Waals surface area contributed by atoms with Crippen LogP contribution in [0.4, 0.5) is 10.1 Å². The molecule has 1 N–H and O–H groups in total. The van der Waals surface area contributed by atoms with E-state index in [1.807, 2.05) is 64.1 Å². The average Bonchev–Trinajstić information content (AvgIpc) is 2.89. The summed E-state index contributed by atoms with van der Waals surface area (Å²) in [6.45, 7) is 7.05. The molecule has 0 saturated heterocycles. The molecule has 214 valence electrons. The zero-order valence-electron chi connectivity index (χ0n) is 23.7. The van der Waals surface area contributed by atoms with E-state index >= 15 is 0 Å². The fraction of sp³-hybridized carbons (Fsp3) is 0.355. The van der Waals surface area contributed by atoms with Gasteiger partial charge in [0.05, 0.1) is 11.9 Å². The van der Waals surface area contributed by atoms with Crippen LogP contribution in [0.25, 0.3) is 0 Å². The number of carbonyl (C=O) groups is 2. The minimum atomic E-state index is -3.85. The molecule has 7 nitrogen and oxygen atoms in total. The van der Waals surface area contributed by atoms with E-state index in [1.54, 1.807) is 24.3 Å². The molecule has 40 heavy (non-hydrogen) atoms. The summed E-state index contributed by atoms with van der Waals surface area (Å²) >= 11 is 0. The van der Waals surface area contributed by atoms with Crippen LogP contribution >= 0.6 is 0 Å². The van der Waals surface area contributed by atoms with Crippen LogP contribution in [0.2, 0.25) is 0 Å². The first-order valence-electron chi connectivity index (χ1n) is 13.3. The maximum atomic E-state index is 14.1. The standard InChI is InChI=1S/C31H38FN3O4S/c1-6-24(4)33-31(37)29(19-25-10-8-7-9-11-25)34(20-26-12-14-27(32)15-13-26)30(36)21-35(40(5,38)39)28-17-22(2)16-23(3)18-28/h7-18,24,29H,6,19-21H2,1-5H3,(H,33,37). The van der Waals surface area contributed by atoms with Crippen LogP contribution in [0.5, 0.6) is 0 Å². The Kier molecular flexibility index (Phi) is 10.5. The van der Waals surface area contributed by atoms with Crippen molar-refractivity contribution in [2.24, 2.45) is 0 Å². The molecule has 0 bridgehead atoms. The summed E-state index contributed by atoms with van der Waals surface area (Å²) < 4.78 is 40.6. The van der Waals surface area contributed by atoms with Gasteiger partial charge in [0, 0.05) is 19.0 Å². The van der Waals surface area contributed by atoms with Gasteiger partial charge < -0.3 is 10.2 Å². The van der Waals surface area contributed by atoms with Gasteiger partial charge >= 0.3 is 0 Å². The molecule has 0 aliphatic rings. The summed E-state index contributed by atoms with van der Waals surface area (Å²) in [6, 6.07) is 19.3. The van der Waals surface area contributed by atoms with Crippen LogP contribution in [0.1, 0.15) is 42.5 Å². The molecule has 0 aliphatic carbocycles. The molecule has 2 atom stereocenters. The number of nitrogens with one attached hydrogen (secondary N) is 1. The van der Waals surface area contributed by atoms with Crippen molar-refractivity contribution in [3.8, 4) is 0 Å². The maximum absolute atomic E-state index is 14.1. The fourth-order valence-electron chi connectivity index (χ4n) is 4.49. The van der Waals surface area contributed by atoms with Crippen molar-refractivity contribution in [1.29, 1.82) is 0 Å². The highest BCUT2D eigenvalue weighted by Gasteiger charge is 2.33. The lowest BCUT2D eigenvalue weighted by molar-refractivity contribution is -0.140. The zero-order chi connectivity index (χ0) is 29.4. The molecule has 0 fully saturated rings. The Morgan fingerprint density at radius 1 is 0.925 bits per heavy atom. The number of carbonyl (C=O) groups excluding carboxylic acids is 2. The lowest BCUT2D eigenvalue weighted by atomic mass is 10.0. The molecule has 2 amide bonds. The largest absolute Gasteiger partial charge is 0.352 e. The fourth-order valence-corrected chi connectivity index (χ4v) is 5.32. The van der Waals surface area contributed by atoms with Gasteiger partial charge in [0.2, 0.25) is 21.8 Å². The third kappa shape index (κ3) is 8.64. The van der Waals surface area contributed by atoms with Gasteiger partial charge in [-0.15, -0.1) is 0 Å². The number of anilines is 1. The molecule has 0 aromatic heterocycles. The Morgan fingerprint density at radius 2 is 1.52 bits per heavy atom. The molecule has 3 rings (SSSR count). The quantitative estimate of drug-likeness (QED) is 0.342. The van der Waals surface area contributed by atoms with Gasteiger partial charge in [-0.3, -0.25) is 13.9 Å². The van der Waals surface area contributed by atoms with Crippen molar-refractivity contribution in [1.82, 2.24) is 10.2 Å². The van der Waals surface area contributed by atoms with Crippen LogP contribution < -0.4 is 9.62 Å². The first-order valence-corrected chi connectivity index (χ1v) is 15.2. The SMILES string of the molecule is CCC(C)NC(=O)C(Cc1ccccc1)N(Cc1ccc(F)cc1)C(=O)CN(c1cc(C)cc(C)c1)S(C)(=O)=O. The lowest BCUT2D eigenvalue weighted by Gasteiger charge is -2.34. The smallest absolute Gasteiger partial charge is 0.244 e. The van der Waals surface area contributed by atoms with Crippen molar-refractivity contribution in [3.63, 3.8) is 0 Å². The molecular formula is C31H38FN3O4S. The number of hydrogen-bond acceptors (Lipinski definition) is 4. The number of aryl methyl sites for hydroxylation is 2. The molecule has 0 spiro atoms. The van der Waals surface area contributed by atoms with Crippen molar-refractivity contribution < 1.29 is 22.4 Å². The number of hydrogen-bond donors (Lipinski definition) is 1. The van der Waals surface area contributed by atoms with E-state index in [4.69, 9.17) is 0 Å². The minimum absolute atomic E-state index is 0.00497. The van der Waals surface area contributed by atoms with Crippen molar-refractivity contribution in [2.45, 2.75) is 59.2 Å². The summed E-state index contributed by atoms with van der Waals surface area (Å²) in [7, 11) is -3.85. The number of rotatable bonds is 12. The summed E-state index contributed by atoms with van der Waals surface area (Å²) in [5.41, 5.74) is 3.54. The van der Waals surface area contributed by atoms with Crippen LogP contribution in [0, 0.1) is 19.7 Å². The highest BCUT2D eigenvalue weighted by atomic mass is 32.2. The molecule has 0 heterocycles. The van der Waals surface area contributed by atoms with Crippen molar-refractivity contribution in [2.75, 3.05) is 17.1 Å². The molecule has 3 aromatic rings. The van der Waals surface area contributed by atoms with E-state index in [1.165, 1.54) is 17.0 Å². The summed E-state index contributed by atoms with van der Waals surface area (Å²) in [5, 5.41) is 2.99. The normalized spacial score (nSPS) is 12.8. The lowest BCUT2D eigenvalue weighted by Crippen LogP contribution is -2.54. The van der Waals surface area contributed by atoms with Crippen molar-refractivity contribution >= 4 is 27.5 Å². The maximum Gasteiger partial charge on any atom is 0.244 e. The van der Waals surface area contributed by atoms with Gasteiger partial charge in [-0.25, -0.2) is 12.8 Å². The van der Waals surface area contributed by atoms with Crippen LogP contribution in [0.3, 0.4) is 0 Å². The monoisotopic (exact) mass is 567 g/mol. The van der Waals surface area contributed by atoms with E-state index in [0.717, 1.165) is 27.3 Å². The molecular weight excluding hydrogens is 529 g/mol. The van der Waals surface area contributed by atoms with Crippen LogP contribution in [-0.2, 0) is 32.6 Å². The molecule has 0 saturated carbocycles. The number of amides is 2. The number of sulfonamides is 1. The highest BCUT2D eigenvalue weighted by Crippen LogP contribution is 2.23. The van der Waals surface area contributed by atoms with Crippen LogP contribution in [0.15, 0.2) is 72.8 Å². The number of benzene rings is 3. The second kappa shape index (κ2) is 13.6. The second-order valence-corrected chi connectivity index (χ2v) is 12.2. The Hall–Kier alpha value is -3.72. The third-order valence-electron chi connectivity index (χ3n) is 6.71. The first-order chi connectivity index (χ1) is 18.9. The van der Waals surface area contributed by atoms with E-state index in [2.05, 4.69) is 5.32 Å². The third-order valence-corrected chi connectivity index (χ3v) is 7.85. The van der Waals surface area contributed by atoms with E-state index in [0.29, 0.717) is 17.7 Å². The zero-order valence-corrected chi connectivity index (χ0v) is 24.5. The topological polar surface area (TPSA) is 86.8 Å². The summed E-state index contributed by atoms with van der Waals surface area (Å²) in [4.78, 5) is 29.1. The van der Waals surface area contributed by atoms with E-state index in [9.17, 15) is 22.4 Å². The van der Waals surface area contributed by atoms with Gasteiger partial charge in [0.1, 0.15) is 18.4 Å². The number of nitrogens with zero attached hydrogens (tertiary/aromatic N) is 2. The first kappa shape index (κ1) is 30.8. The van der Waals surface area contributed by atoms with Gasteiger partial charge in [-0.2, -0.15) is 0 Å². The highest BCUT2D eigenvalue weighted by molar-refractivity contribution is 7.92. The summed E-state index contributed by atoms with van der Waals surface area (Å²) in [6.07, 6.45) is 1.97. The Morgan fingerprint density at radius 3 is 2.08 bits per heavy atom. The van der Waals surface area contributed by atoms with Gasteiger partial charge in [-0.1, -0.05) is 55.5 Å². The Labute approximate surface area is 237 Å². The van der Waals surface area contributed by atoms with Gasteiger partial charge in [0.15, 0.2) is 0 Å². The molecule has 2 unspecified atom stereocenters. The summed E-state index contributed by atoms with van der Waals surface area (Å²) in [5.74, 6) is -1.31. The predicted molar refractivity (Wildman–Crippen MR) is 157 cm³/mol. The molecule has 9 heteroatoms. The molecule has 3 aromatic carbocycles. The average molecular weight is 568 g/mol. The number of halogens is 1. The van der Waals surface area contributed by atoms with Gasteiger partial charge in [-0.05, 0) is 73.7 Å². The van der Waals surface area contributed by atoms with Crippen molar-refractivity contribution in [3.05, 3.63) is 101 Å². The Bertz CT molecular complexity index is 1390. The molecule has 0 radical (unpaired) electrons.